The molecule has 7 nitrogen and oxygen atoms in total. The lowest BCUT2D eigenvalue weighted by Crippen LogP contribution is -2.45. The lowest BCUT2D eigenvalue weighted by Gasteiger charge is -2.35. The molecule has 234 valence electrons. The molecule has 0 saturated carbocycles. The summed E-state index contributed by atoms with van der Waals surface area (Å²) < 4.78 is 28.6. The molecule has 0 aromatic heterocycles. The van der Waals surface area contributed by atoms with Crippen molar-refractivity contribution in [3.05, 3.63) is 0 Å². The monoisotopic (exact) mass is 575 g/mol. The molecule has 0 aromatic rings. The average molecular weight is 576 g/mol. The van der Waals surface area contributed by atoms with Gasteiger partial charge in [-0.1, -0.05) is 117 Å². The van der Waals surface area contributed by atoms with E-state index in [9.17, 15) is 9.46 Å². The van der Waals surface area contributed by atoms with Crippen LogP contribution in [0.3, 0.4) is 0 Å². The molecule has 2 unspecified atom stereocenters. The summed E-state index contributed by atoms with van der Waals surface area (Å²) in [5.41, 5.74) is 0. The summed E-state index contributed by atoms with van der Waals surface area (Å²) in [5, 5.41) is 0. The van der Waals surface area contributed by atoms with Crippen LogP contribution in [-0.4, -0.2) is 75.5 Å². The normalized spacial score (nSPS) is 17.1. The van der Waals surface area contributed by atoms with Crippen LogP contribution in [0.2, 0.25) is 0 Å². The van der Waals surface area contributed by atoms with Crippen LogP contribution in [0.5, 0.6) is 0 Å². The van der Waals surface area contributed by atoms with Crippen molar-refractivity contribution >= 4 is 7.82 Å². The molecule has 8 heteroatoms. The second kappa shape index (κ2) is 25.7. The molecule has 0 spiro atoms. The van der Waals surface area contributed by atoms with Gasteiger partial charge in [-0.15, -0.1) is 0 Å². The number of ether oxygens (including phenoxy) is 1. The van der Waals surface area contributed by atoms with Crippen molar-refractivity contribution in [1.82, 2.24) is 9.80 Å². The first-order valence-electron chi connectivity index (χ1n) is 16.6. The highest BCUT2D eigenvalue weighted by Crippen LogP contribution is 2.38. The molecule has 0 radical (unpaired) electrons. The van der Waals surface area contributed by atoms with Crippen molar-refractivity contribution in [2.45, 2.75) is 142 Å². The van der Waals surface area contributed by atoms with E-state index >= 15 is 0 Å². The first kappa shape index (κ1) is 37.0. The molecule has 1 heterocycles. The van der Waals surface area contributed by atoms with Crippen LogP contribution in [0, 0.1) is 0 Å². The van der Waals surface area contributed by atoms with Gasteiger partial charge >= 0.3 is 0 Å². The third kappa shape index (κ3) is 22.3. The molecule has 1 saturated heterocycles. The summed E-state index contributed by atoms with van der Waals surface area (Å²) in [5.74, 6) is 0. The van der Waals surface area contributed by atoms with E-state index in [1.54, 1.807) is 0 Å². The predicted octanol–water partition coefficient (Wildman–Crippen LogP) is 7.57. The summed E-state index contributed by atoms with van der Waals surface area (Å²) in [6.07, 6.45) is 25.3. The number of hydrogen-bond acceptors (Lipinski definition) is 7. The first-order chi connectivity index (χ1) is 19.0. The summed E-state index contributed by atoms with van der Waals surface area (Å²) in [7, 11) is -2.37. The SMILES string of the molecule is CCCCCCCCCCCCCCCCCCOCC(COP(=O)([O-])OCCN(C)CC)N1CCCCC1. The van der Waals surface area contributed by atoms with Gasteiger partial charge in [0.15, 0.2) is 0 Å². The van der Waals surface area contributed by atoms with E-state index in [0.717, 1.165) is 45.5 Å². The minimum atomic E-state index is -4.30. The number of rotatable bonds is 28. The van der Waals surface area contributed by atoms with Gasteiger partial charge in [0.1, 0.15) is 0 Å². The third-order valence-electron chi connectivity index (χ3n) is 8.05. The highest BCUT2D eigenvalue weighted by atomic mass is 31.2. The van der Waals surface area contributed by atoms with Crippen LogP contribution in [0.25, 0.3) is 0 Å². The zero-order valence-corrected chi connectivity index (χ0v) is 26.9. The van der Waals surface area contributed by atoms with Crippen molar-refractivity contribution in [1.29, 1.82) is 0 Å². The minimum absolute atomic E-state index is 0.0458. The van der Waals surface area contributed by atoms with Crippen LogP contribution in [0.4, 0.5) is 0 Å². The zero-order chi connectivity index (χ0) is 28.4. The van der Waals surface area contributed by atoms with Gasteiger partial charge in [-0.25, -0.2) is 0 Å². The van der Waals surface area contributed by atoms with Crippen LogP contribution < -0.4 is 4.89 Å². The van der Waals surface area contributed by atoms with Crippen LogP contribution in [-0.2, 0) is 18.3 Å². The number of likely N-dealkylation sites (tertiary alicyclic amines) is 1. The fourth-order valence-electron chi connectivity index (χ4n) is 5.20. The van der Waals surface area contributed by atoms with Gasteiger partial charge in [0.2, 0.25) is 0 Å². The summed E-state index contributed by atoms with van der Waals surface area (Å²) >= 11 is 0. The van der Waals surface area contributed by atoms with Crippen LogP contribution in [0.15, 0.2) is 0 Å². The Kier molecular flexibility index (Phi) is 24.4. The highest BCUT2D eigenvalue weighted by Gasteiger charge is 2.23. The van der Waals surface area contributed by atoms with Crippen LogP contribution >= 0.6 is 7.82 Å². The maximum atomic E-state index is 12.2. The van der Waals surface area contributed by atoms with E-state index in [-0.39, 0.29) is 19.3 Å². The third-order valence-corrected chi connectivity index (χ3v) is 9.01. The number of likely N-dealkylation sites (N-methyl/N-ethyl adjacent to an activating group) is 1. The minimum Gasteiger partial charge on any atom is -0.756 e. The highest BCUT2D eigenvalue weighted by molar-refractivity contribution is 7.45. The molecule has 39 heavy (non-hydrogen) atoms. The topological polar surface area (TPSA) is 74.3 Å². The lowest BCUT2D eigenvalue weighted by molar-refractivity contribution is -0.227. The summed E-state index contributed by atoms with van der Waals surface area (Å²) in [4.78, 5) is 16.6. The van der Waals surface area contributed by atoms with Crippen molar-refractivity contribution in [3.63, 3.8) is 0 Å². The predicted molar refractivity (Wildman–Crippen MR) is 162 cm³/mol. The smallest absolute Gasteiger partial charge is 0.267 e. The van der Waals surface area contributed by atoms with Gasteiger partial charge in [-0.05, 0) is 45.9 Å². The first-order valence-corrected chi connectivity index (χ1v) is 18.0. The molecular weight excluding hydrogens is 511 g/mol. The molecule has 0 amide bonds. The standard InChI is InChI=1S/C31H65N2O5P/c1-4-6-7-8-9-10-11-12-13-14-15-16-17-18-19-23-27-36-29-31(33-24-21-20-22-25-33)30-38-39(34,35)37-28-26-32(3)5-2/h31H,4-30H2,1-3H3,(H,34,35)/p-1. The Morgan fingerprint density at radius 3 is 1.74 bits per heavy atom. The molecule has 1 aliphatic heterocycles. The van der Waals surface area contributed by atoms with E-state index < -0.39 is 7.82 Å². The summed E-state index contributed by atoms with van der Waals surface area (Å²) in [6.45, 7) is 9.13. The average Bonchev–Trinajstić information content (AvgIpc) is 2.94. The fraction of sp³-hybridized carbons (Fsp3) is 1.00. The largest absolute Gasteiger partial charge is 0.756 e. The fourth-order valence-corrected chi connectivity index (χ4v) is 5.93. The van der Waals surface area contributed by atoms with Gasteiger partial charge < -0.3 is 23.6 Å². The second-order valence-electron chi connectivity index (χ2n) is 11.6. The number of hydrogen-bond donors (Lipinski definition) is 0. The van der Waals surface area contributed by atoms with Gasteiger partial charge in [-0.2, -0.15) is 0 Å². The quantitative estimate of drug-likeness (QED) is 0.0703. The molecule has 0 aliphatic carbocycles. The lowest BCUT2D eigenvalue weighted by atomic mass is 10.0. The number of piperidine rings is 1. The Labute approximate surface area is 242 Å². The second-order valence-corrected chi connectivity index (χ2v) is 13.0. The van der Waals surface area contributed by atoms with Crippen molar-refractivity contribution in [2.75, 3.05) is 59.7 Å². The Balaban J connectivity index is 2.06. The molecule has 0 aromatic carbocycles. The van der Waals surface area contributed by atoms with Gasteiger partial charge in [0.05, 0.1) is 25.9 Å². The number of phosphoric ester groups is 1. The maximum absolute atomic E-state index is 12.2. The van der Waals surface area contributed by atoms with Crippen LogP contribution in [0.1, 0.15) is 136 Å². The Morgan fingerprint density at radius 1 is 0.718 bits per heavy atom. The Hall–Kier alpha value is -0.0100. The van der Waals surface area contributed by atoms with E-state index in [1.807, 2.05) is 18.9 Å². The molecular formula is C31H64N2O5P-. The van der Waals surface area contributed by atoms with E-state index in [1.165, 1.54) is 103 Å². The Morgan fingerprint density at radius 2 is 1.23 bits per heavy atom. The molecule has 1 rings (SSSR count). The number of unbranched alkanes of at least 4 members (excludes halogenated alkanes) is 15. The van der Waals surface area contributed by atoms with Gasteiger partial charge in [0, 0.05) is 13.2 Å². The molecule has 1 fully saturated rings. The zero-order valence-electron chi connectivity index (χ0n) is 26.1. The van der Waals surface area contributed by atoms with E-state index in [0.29, 0.717) is 13.2 Å². The van der Waals surface area contributed by atoms with Crippen molar-refractivity contribution in [3.8, 4) is 0 Å². The Bertz CT molecular complexity index is 577. The molecule has 1 aliphatic rings. The summed E-state index contributed by atoms with van der Waals surface area (Å²) in [6, 6.07) is -0.0458. The van der Waals surface area contributed by atoms with Gasteiger partial charge in [0.25, 0.3) is 7.82 Å². The molecule has 0 N–H and O–H groups in total. The van der Waals surface area contributed by atoms with E-state index in [4.69, 9.17) is 13.8 Å². The molecule has 0 bridgehead atoms. The van der Waals surface area contributed by atoms with Gasteiger partial charge in [-0.3, -0.25) is 9.46 Å². The maximum Gasteiger partial charge on any atom is 0.267 e. The molecule has 2 atom stereocenters. The number of nitrogens with zero attached hydrogens (tertiary/aromatic N) is 2. The van der Waals surface area contributed by atoms with Crippen molar-refractivity contribution < 1.29 is 23.2 Å². The number of phosphoric acid groups is 1. The van der Waals surface area contributed by atoms with E-state index in [2.05, 4.69) is 11.8 Å². The van der Waals surface area contributed by atoms with Crippen molar-refractivity contribution in [2.24, 2.45) is 0 Å².